The van der Waals surface area contributed by atoms with Crippen LogP contribution in [0.25, 0.3) is 0 Å². The third-order valence-corrected chi connectivity index (χ3v) is 4.88. The highest BCUT2D eigenvalue weighted by Crippen LogP contribution is 2.36. The Hall–Kier alpha value is -2.54. The molecule has 0 spiro atoms. The molecule has 0 aliphatic carbocycles. The highest BCUT2D eigenvalue weighted by molar-refractivity contribution is 7.08. The fourth-order valence-electron chi connectivity index (χ4n) is 2.91. The van der Waals surface area contributed by atoms with Crippen LogP contribution in [0.15, 0.2) is 35.0 Å². The van der Waals surface area contributed by atoms with Crippen molar-refractivity contribution in [3.63, 3.8) is 0 Å². The van der Waals surface area contributed by atoms with Crippen LogP contribution in [0.2, 0.25) is 0 Å². The summed E-state index contributed by atoms with van der Waals surface area (Å²) in [6.45, 7) is 7.22. The van der Waals surface area contributed by atoms with E-state index >= 15 is 0 Å². The van der Waals surface area contributed by atoms with Gasteiger partial charge in [-0.25, -0.2) is 4.79 Å². The minimum Gasteiger partial charge on any atom is -0.479 e. The van der Waals surface area contributed by atoms with Crippen molar-refractivity contribution in [3.8, 4) is 5.75 Å². The molecule has 0 bridgehead atoms. The second-order valence-electron chi connectivity index (χ2n) is 7.56. The molecule has 2 aromatic rings. The number of anilines is 1. The molecule has 0 saturated carbocycles. The van der Waals surface area contributed by atoms with Crippen molar-refractivity contribution < 1.29 is 19.1 Å². The second-order valence-corrected chi connectivity index (χ2v) is 8.34. The Morgan fingerprint density at radius 1 is 1.30 bits per heavy atom. The van der Waals surface area contributed by atoms with E-state index in [1.165, 1.54) is 0 Å². The summed E-state index contributed by atoms with van der Waals surface area (Å²) < 4.78 is 11.2. The number of amides is 2. The standard InChI is InChI=1S/C20H24N2O4S/c1-12-18(23)21-15-10-13(6-7-16(15)25-12)17(14-8-9-27-11-14)22(5)19(24)26-20(2,3)4/h6-12,17H,1-5H3,(H,21,23). The van der Waals surface area contributed by atoms with Crippen molar-refractivity contribution in [2.45, 2.75) is 45.4 Å². The van der Waals surface area contributed by atoms with Crippen molar-refractivity contribution >= 4 is 29.0 Å². The molecule has 0 fully saturated rings. The van der Waals surface area contributed by atoms with Crippen LogP contribution in [-0.4, -0.2) is 35.7 Å². The predicted octanol–water partition coefficient (Wildman–Crippen LogP) is 4.42. The van der Waals surface area contributed by atoms with Crippen molar-refractivity contribution in [2.75, 3.05) is 12.4 Å². The Labute approximate surface area is 163 Å². The summed E-state index contributed by atoms with van der Waals surface area (Å²) >= 11 is 1.56. The van der Waals surface area contributed by atoms with Crippen LogP contribution >= 0.6 is 11.3 Å². The predicted molar refractivity (Wildman–Crippen MR) is 105 cm³/mol. The van der Waals surface area contributed by atoms with E-state index in [4.69, 9.17) is 9.47 Å². The van der Waals surface area contributed by atoms with Gasteiger partial charge in [0.2, 0.25) is 0 Å². The maximum Gasteiger partial charge on any atom is 0.410 e. The van der Waals surface area contributed by atoms with Crippen molar-refractivity contribution in [1.29, 1.82) is 0 Å². The van der Waals surface area contributed by atoms with Crippen molar-refractivity contribution in [3.05, 3.63) is 46.2 Å². The maximum absolute atomic E-state index is 12.7. The summed E-state index contributed by atoms with van der Waals surface area (Å²) in [7, 11) is 1.72. The largest absolute Gasteiger partial charge is 0.479 e. The number of fused-ring (bicyclic) bond motifs is 1. The molecule has 6 nitrogen and oxygen atoms in total. The van der Waals surface area contributed by atoms with Crippen molar-refractivity contribution in [2.24, 2.45) is 0 Å². The average Bonchev–Trinajstić information content (AvgIpc) is 3.08. The van der Waals surface area contributed by atoms with Gasteiger partial charge in [0.1, 0.15) is 11.4 Å². The van der Waals surface area contributed by atoms with Gasteiger partial charge in [-0.15, -0.1) is 0 Å². The topological polar surface area (TPSA) is 67.9 Å². The molecule has 1 N–H and O–H groups in total. The van der Waals surface area contributed by atoms with E-state index in [-0.39, 0.29) is 11.9 Å². The molecular formula is C20H24N2O4S. The zero-order valence-electron chi connectivity index (χ0n) is 16.1. The summed E-state index contributed by atoms with van der Waals surface area (Å²) in [5.74, 6) is 0.432. The summed E-state index contributed by atoms with van der Waals surface area (Å²) in [6.07, 6.45) is -0.939. The zero-order chi connectivity index (χ0) is 19.8. The van der Waals surface area contributed by atoms with Gasteiger partial charge in [-0.3, -0.25) is 4.79 Å². The molecule has 0 saturated heterocycles. The Morgan fingerprint density at radius 2 is 2.04 bits per heavy atom. The Kier molecular flexibility index (Phi) is 5.15. The maximum atomic E-state index is 12.7. The first-order valence-electron chi connectivity index (χ1n) is 8.75. The molecule has 144 valence electrons. The number of nitrogens with zero attached hydrogens (tertiary/aromatic N) is 1. The first-order valence-corrected chi connectivity index (χ1v) is 9.69. The fourth-order valence-corrected chi connectivity index (χ4v) is 3.58. The van der Waals surface area contributed by atoms with Gasteiger partial charge >= 0.3 is 6.09 Å². The number of thiophene rings is 1. The molecule has 27 heavy (non-hydrogen) atoms. The number of ether oxygens (including phenoxy) is 2. The van der Waals surface area contributed by atoms with Gasteiger partial charge in [0.25, 0.3) is 5.91 Å². The number of rotatable bonds is 3. The molecule has 1 aliphatic heterocycles. The van der Waals surface area contributed by atoms with Gasteiger partial charge in [-0.05, 0) is 67.8 Å². The molecule has 1 aliphatic rings. The summed E-state index contributed by atoms with van der Waals surface area (Å²) in [6, 6.07) is 7.22. The van der Waals surface area contributed by atoms with E-state index in [1.807, 2.05) is 55.8 Å². The minimum absolute atomic E-state index is 0.188. The van der Waals surface area contributed by atoms with Crippen LogP contribution in [0.4, 0.5) is 10.5 Å². The molecule has 0 radical (unpaired) electrons. The summed E-state index contributed by atoms with van der Waals surface area (Å²) in [5.41, 5.74) is 1.86. The van der Waals surface area contributed by atoms with Gasteiger partial charge in [0, 0.05) is 7.05 Å². The van der Waals surface area contributed by atoms with E-state index in [0.29, 0.717) is 11.4 Å². The molecule has 2 atom stereocenters. The molecular weight excluding hydrogens is 364 g/mol. The van der Waals surface area contributed by atoms with Crippen LogP contribution in [0, 0.1) is 0 Å². The molecule has 2 unspecified atom stereocenters. The van der Waals surface area contributed by atoms with Gasteiger partial charge < -0.3 is 19.7 Å². The quantitative estimate of drug-likeness (QED) is 0.845. The van der Waals surface area contributed by atoms with Crippen LogP contribution < -0.4 is 10.1 Å². The molecule has 1 aromatic heterocycles. The monoisotopic (exact) mass is 388 g/mol. The lowest BCUT2D eigenvalue weighted by Gasteiger charge is -2.32. The van der Waals surface area contributed by atoms with Crippen LogP contribution in [0.1, 0.15) is 44.9 Å². The van der Waals surface area contributed by atoms with E-state index in [0.717, 1.165) is 11.1 Å². The van der Waals surface area contributed by atoms with E-state index in [1.54, 1.807) is 30.2 Å². The fraction of sp³-hybridized carbons (Fsp3) is 0.400. The number of carbonyl (C=O) groups is 2. The van der Waals surface area contributed by atoms with Gasteiger partial charge in [-0.2, -0.15) is 11.3 Å². The minimum atomic E-state index is -0.585. The average molecular weight is 388 g/mol. The third kappa shape index (κ3) is 4.24. The molecule has 2 amide bonds. The highest BCUT2D eigenvalue weighted by atomic mass is 32.1. The van der Waals surface area contributed by atoms with Crippen LogP contribution in [-0.2, 0) is 9.53 Å². The molecule has 7 heteroatoms. The van der Waals surface area contributed by atoms with Gasteiger partial charge in [0.05, 0.1) is 11.7 Å². The third-order valence-electron chi connectivity index (χ3n) is 4.18. The smallest absolute Gasteiger partial charge is 0.410 e. The van der Waals surface area contributed by atoms with Crippen LogP contribution in [0.5, 0.6) is 5.75 Å². The lowest BCUT2D eigenvalue weighted by molar-refractivity contribution is -0.122. The van der Waals surface area contributed by atoms with Crippen molar-refractivity contribution in [1.82, 2.24) is 4.90 Å². The molecule has 2 heterocycles. The highest BCUT2D eigenvalue weighted by Gasteiger charge is 2.30. The Morgan fingerprint density at radius 3 is 2.67 bits per heavy atom. The SMILES string of the molecule is CC1Oc2ccc(C(c3ccsc3)N(C)C(=O)OC(C)(C)C)cc2NC1=O. The van der Waals surface area contributed by atoms with E-state index < -0.39 is 17.8 Å². The van der Waals surface area contributed by atoms with E-state index in [9.17, 15) is 9.59 Å². The number of hydrogen-bond acceptors (Lipinski definition) is 5. The number of benzene rings is 1. The van der Waals surface area contributed by atoms with E-state index in [2.05, 4.69) is 5.32 Å². The summed E-state index contributed by atoms with van der Waals surface area (Å²) in [5, 5.41) is 6.83. The first-order chi connectivity index (χ1) is 12.7. The normalized spacial score (nSPS) is 17.4. The molecule has 1 aromatic carbocycles. The van der Waals surface area contributed by atoms with Gasteiger partial charge in [-0.1, -0.05) is 6.07 Å². The summed E-state index contributed by atoms with van der Waals surface area (Å²) in [4.78, 5) is 26.2. The lowest BCUT2D eigenvalue weighted by Crippen LogP contribution is -2.37. The lowest BCUT2D eigenvalue weighted by atomic mass is 9.99. The number of hydrogen-bond donors (Lipinski definition) is 1. The first kappa shape index (κ1) is 19.2. The Balaban J connectivity index is 1.96. The van der Waals surface area contributed by atoms with Crippen LogP contribution in [0.3, 0.4) is 0 Å². The number of nitrogens with one attached hydrogen (secondary N) is 1. The van der Waals surface area contributed by atoms with Gasteiger partial charge in [0.15, 0.2) is 6.10 Å². The Bertz CT molecular complexity index is 842. The molecule has 3 rings (SSSR count). The zero-order valence-corrected chi connectivity index (χ0v) is 16.9. The second kappa shape index (κ2) is 7.23. The number of carbonyl (C=O) groups excluding carboxylic acids is 2.